The molecule has 4 heteroatoms. The van der Waals surface area contributed by atoms with Crippen LogP contribution in [0.4, 0.5) is 0 Å². The fraction of sp³-hybridized carbons (Fsp3) is 0.500. The van der Waals surface area contributed by atoms with Crippen molar-refractivity contribution in [3.8, 4) is 0 Å². The highest BCUT2D eigenvalue weighted by molar-refractivity contribution is 9.10. The molecule has 0 saturated heterocycles. The predicted octanol–water partition coefficient (Wildman–Crippen LogP) is 2.84. The van der Waals surface area contributed by atoms with Gasteiger partial charge in [0.1, 0.15) is 0 Å². The number of hydrogen-bond donors (Lipinski definition) is 2. The van der Waals surface area contributed by atoms with E-state index in [9.17, 15) is 4.79 Å². The van der Waals surface area contributed by atoms with Crippen LogP contribution in [0.2, 0.25) is 0 Å². The molecule has 0 aliphatic rings. The Morgan fingerprint density at radius 2 is 2.11 bits per heavy atom. The molecule has 0 spiro atoms. The van der Waals surface area contributed by atoms with Gasteiger partial charge in [-0.2, -0.15) is 0 Å². The van der Waals surface area contributed by atoms with E-state index in [4.69, 9.17) is 0 Å². The zero-order valence-corrected chi connectivity index (χ0v) is 12.8. The molecular weight excluding hydrogens is 292 g/mol. The van der Waals surface area contributed by atoms with Crippen molar-refractivity contribution >= 4 is 21.8 Å². The Hall–Kier alpha value is -0.870. The molecule has 0 heterocycles. The van der Waals surface area contributed by atoms with Crippen LogP contribution in [0, 0.1) is 0 Å². The smallest absolute Gasteiger partial charge is 0.237 e. The number of carbonyl (C=O) groups excluding carboxylic acids is 1. The Labute approximate surface area is 117 Å². The number of carbonyl (C=O) groups is 1. The average molecular weight is 313 g/mol. The average Bonchev–Trinajstić information content (AvgIpc) is 2.35. The van der Waals surface area contributed by atoms with Crippen molar-refractivity contribution in [3.63, 3.8) is 0 Å². The molecule has 0 saturated carbocycles. The topological polar surface area (TPSA) is 41.1 Å². The van der Waals surface area contributed by atoms with Crippen LogP contribution in [0.25, 0.3) is 0 Å². The summed E-state index contributed by atoms with van der Waals surface area (Å²) in [5.74, 6) is 0.0550. The lowest BCUT2D eigenvalue weighted by Gasteiger charge is -2.17. The predicted molar refractivity (Wildman–Crippen MR) is 78.3 cm³/mol. The maximum absolute atomic E-state index is 11.8. The van der Waals surface area contributed by atoms with Gasteiger partial charge in [0.15, 0.2) is 0 Å². The molecule has 1 amide bonds. The second kappa shape index (κ2) is 7.54. The SMILES string of the molecule is CCC(C)NC(=O)C(C)NCc1cccc(Br)c1. The summed E-state index contributed by atoms with van der Waals surface area (Å²) in [6, 6.07) is 8.11. The van der Waals surface area contributed by atoms with Crippen LogP contribution in [0.3, 0.4) is 0 Å². The van der Waals surface area contributed by atoms with Gasteiger partial charge in [-0.1, -0.05) is 35.0 Å². The van der Waals surface area contributed by atoms with Gasteiger partial charge in [-0.05, 0) is 38.0 Å². The summed E-state index contributed by atoms with van der Waals surface area (Å²) in [6.07, 6.45) is 0.949. The van der Waals surface area contributed by atoms with Crippen molar-refractivity contribution in [2.24, 2.45) is 0 Å². The van der Waals surface area contributed by atoms with Crippen molar-refractivity contribution in [1.29, 1.82) is 0 Å². The Kier molecular flexibility index (Phi) is 6.36. The maximum atomic E-state index is 11.8. The van der Waals surface area contributed by atoms with Crippen molar-refractivity contribution in [2.45, 2.75) is 45.8 Å². The van der Waals surface area contributed by atoms with E-state index in [2.05, 4.69) is 33.5 Å². The summed E-state index contributed by atoms with van der Waals surface area (Å²) in [4.78, 5) is 11.8. The number of amides is 1. The first-order valence-electron chi connectivity index (χ1n) is 6.31. The highest BCUT2D eigenvalue weighted by Gasteiger charge is 2.13. The molecule has 0 aliphatic heterocycles. The van der Waals surface area contributed by atoms with E-state index in [1.807, 2.05) is 38.1 Å². The highest BCUT2D eigenvalue weighted by Crippen LogP contribution is 2.11. The van der Waals surface area contributed by atoms with Crippen LogP contribution in [0.1, 0.15) is 32.8 Å². The number of nitrogens with one attached hydrogen (secondary N) is 2. The second-order valence-corrected chi connectivity index (χ2v) is 5.47. The lowest BCUT2D eigenvalue weighted by atomic mass is 10.2. The van der Waals surface area contributed by atoms with Crippen molar-refractivity contribution < 1.29 is 4.79 Å². The Balaban J connectivity index is 2.41. The summed E-state index contributed by atoms with van der Waals surface area (Å²) >= 11 is 3.43. The minimum absolute atomic E-state index is 0.0550. The molecule has 1 rings (SSSR count). The number of halogens is 1. The molecule has 0 aromatic heterocycles. The van der Waals surface area contributed by atoms with E-state index in [1.54, 1.807) is 0 Å². The van der Waals surface area contributed by atoms with E-state index in [0.717, 1.165) is 16.5 Å². The third-order valence-corrected chi connectivity index (χ3v) is 3.39. The molecular formula is C14H21BrN2O. The van der Waals surface area contributed by atoms with Crippen LogP contribution in [0.15, 0.2) is 28.7 Å². The van der Waals surface area contributed by atoms with E-state index in [0.29, 0.717) is 6.54 Å². The van der Waals surface area contributed by atoms with E-state index >= 15 is 0 Å². The van der Waals surface area contributed by atoms with Crippen LogP contribution >= 0.6 is 15.9 Å². The molecule has 0 radical (unpaired) electrons. The van der Waals surface area contributed by atoms with Crippen LogP contribution in [-0.4, -0.2) is 18.0 Å². The number of rotatable bonds is 6. The summed E-state index contributed by atoms with van der Waals surface area (Å²) in [5.41, 5.74) is 1.16. The fourth-order valence-electron chi connectivity index (χ4n) is 1.48. The summed E-state index contributed by atoms with van der Waals surface area (Å²) in [5, 5.41) is 6.19. The molecule has 0 bridgehead atoms. The van der Waals surface area contributed by atoms with E-state index in [1.165, 1.54) is 0 Å². The van der Waals surface area contributed by atoms with Gasteiger partial charge in [-0.15, -0.1) is 0 Å². The van der Waals surface area contributed by atoms with Gasteiger partial charge >= 0.3 is 0 Å². The van der Waals surface area contributed by atoms with E-state index < -0.39 is 0 Å². The molecule has 3 nitrogen and oxygen atoms in total. The molecule has 2 atom stereocenters. The Morgan fingerprint density at radius 3 is 2.72 bits per heavy atom. The first kappa shape index (κ1) is 15.2. The van der Waals surface area contributed by atoms with Gasteiger partial charge in [0.2, 0.25) is 5.91 Å². The van der Waals surface area contributed by atoms with Gasteiger partial charge in [0.05, 0.1) is 6.04 Å². The molecule has 2 N–H and O–H groups in total. The molecule has 1 aromatic carbocycles. The fourth-order valence-corrected chi connectivity index (χ4v) is 1.93. The van der Waals surface area contributed by atoms with Gasteiger partial charge < -0.3 is 10.6 Å². The van der Waals surface area contributed by atoms with Crippen molar-refractivity contribution in [2.75, 3.05) is 0 Å². The maximum Gasteiger partial charge on any atom is 0.237 e. The van der Waals surface area contributed by atoms with E-state index in [-0.39, 0.29) is 18.0 Å². The molecule has 1 aromatic rings. The third kappa shape index (κ3) is 5.19. The quantitative estimate of drug-likeness (QED) is 0.848. The van der Waals surface area contributed by atoms with Gasteiger partial charge in [0, 0.05) is 17.1 Å². The monoisotopic (exact) mass is 312 g/mol. The summed E-state index contributed by atoms with van der Waals surface area (Å²) < 4.78 is 1.05. The number of benzene rings is 1. The van der Waals surface area contributed by atoms with Gasteiger partial charge in [-0.25, -0.2) is 0 Å². The summed E-state index contributed by atoms with van der Waals surface area (Å²) in [6.45, 7) is 6.65. The molecule has 18 heavy (non-hydrogen) atoms. The second-order valence-electron chi connectivity index (χ2n) is 4.55. The first-order chi connectivity index (χ1) is 8.52. The molecule has 0 aliphatic carbocycles. The minimum atomic E-state index is -0.182. The summed E-state index contributed by atoms with van der Waals surface area (Å²) in [7, 11) is 0. The third-order valence-electron chi connectivity index (χ3n) is 2.90. The van der Waals surface area contributed by atoms with Crippen LogP contribution in [0.5, 0.6) is 0 Å². The van der Waals surface area contributed by atoms with Gasteiger partial charge in [-0.3, -0.25) is 4.79 Å². The zero-order chi connectivity index (χ0) is 13.5. The number of hydrogen-bond acceptors (Lipinski definition) is 2. The van der Waals surface area contributed by atoms with Crippen molar-refractivity contribution in [1.82, 2.24) is 10.6 Å². The molecule has 100 valence electrons. The molecule has 0 fully saturated rings. The Bertz CT molecular complexity index is 395. The normalized spacial score (nSPS) is 14.0. The van der Waals surface area contributed by atoms with Crippen LogP contribution < -0.4 is 10.6 Å². The lowest BCUT2D eigenvalue weighted by Crippen LogP contribution is -2.45. The first-order valence-corrected chi connectivity index (χ1v) is 7.10. The van der Waals surface area contributed by atoms with Crippen molar-refractivity contribution in [3.05, 3.63) is 34.3 Å². The lowest BCUT2D eigenvalue weighted by molar-refractivity contribution is -0.123. The zero-order valence-electron chi connectivity index (χ0n) is 11.2. The Morgan fingerprint density at radius 1 is 1.39 bits per heavy atom. The largest absolute Gasteiger partial charge is 0.352 e. The highest BCUT2D eigenvalue weighted by atomic mass is 79.9. The standard InChI is InChI=1S/C14H21BrN2O/c1-4-10(2)17-14(18)11(3)16-9-12-6-5-7-13(15)8-12/h5-8,10-11,16H,4,9H2,1-3H3,(H,17,18). The van der Waals surface area contributed by atoms with Gasteiger partial charge in [0.25, 0.3) is 0 Å². The van der Waals surface area contributed by atoms with Crippen LogP contribution in [-0.2, 0) is 11.3 Å². The molecule has 2 unspecified atom stereocenters. The minimum Gasteiger partial charge on any atom is -0.352 e.